The second-order valence-electron chi connectivity index (χ2n) is 5.52. The van der Waals surface area contributed by atoms with Gasteiger partial charge in [-0.15, -0.1) is 0 Å². The largest absolute Gasteiger partial charge is 0.481 e. The highest BCUT2D eigenvalue weighted by Crippen LogP contribution is 2.35. The third-order valence-corrected chi connectivity index (χ3v) is 3.95. The number of carboxylic acids is 1. The van der Waals surface area contributed by atoms with E-state index in [0.717, 1.165) is 35.4 Å². The van der Waals surface area contributed by atoms with Gasteiger partial charge in [0.25, 0.3) is 5.91 Å². The highest BCUT2D eigenvalue weighted by atomic mass is 16.4. The Hall–Kier alpha value is -2.37. The average molecular weight is 287 g/mol. The van der Waals surface area contributed by atoms with Crippen LogP contribution in [0, 0.1) is 12.8 Å². The quantitative estimate of drug-likeness (QED) is 0.718. The molecule has 0 saturated heterocycles. The molecule has 3 N–H and O–H groups in total. The standard InChI is InChI=1S/C15H17N3O3/c1-8-10(4-5-13(19)20)7-16-12(8)6-11-14(9-2-3-9)17-18-15(11)21/h6-7,9,16H,2-5H2,1H3,(H,18,21)(H,19,20)/b11-6+. The lowest BCUT2D eigenvalue weighted by atomic mass is 10.0. The van der Waals surface area contributed by atoms with Gasteiger partial charge in [-0.25, -0.2) is 5.43 Å². The first kappa shape index (κ1) is 13.6. The lowest BCUT2D eigenvalue weighted by Gasteiger charge is -2.00. The second kappa shape index (κ2) is 5.20. The fourth-order valence-electron chi connectivity index (χ4n) is 2.51. The fourth-order valence-corrected chi connectivity index (χ4v) is 2.51. The van der Waals surface area contributed by atoms with E-state index in [1.807, 2.05) is 19.2 Å². The first-order valence-electron chi connectivity index (χ1n) is 7.05. The van der Waals surface area contributed by atoms with E-state index in [1.54, 1.807) is 0 Å². The number of amides is 1. The Bertz CT molecular complexity index is 666. The molecule has 1 saturated carbocycles. The van der Waals surface area contributed by atoms with Crippen LogP contribution in [0.25, 0.3) is 6.08 Å². The van der Waals surface area contributed by atoms with E-state index in [4.69, 9.17) is 5.11 Å². The number of aliphatic carboxylic acids is 1. The normalized spacial score (nSPS) is 19.8. The van der Waals surface area contributed by atoms with Gasteiger partial charge in [0.2, 0.25) is 0 Å². The van der Waals surface area contributed by atoms with Crippen LogP contribution < -0.4 is 5.43 Å². The highest BCUT2D eigenvalue weighted by Gasteiger charge is 2.35. The number of aromatic nitrogens is 1. The number of carbonyl (C=O) groups excluding carboxylic acids is 1. The van der Waals surface area contributed by atoms with Crippen LogP contribution >= 0.6 is 0 Å². The molecule has 0 atom stereocenters. The summed E-state index contributed by atoms with van der Waals surface area (Å²) in [5, 5.41) is 12.9. The monoisotopic (exact) mass is 287 g/mol. The van der Waals surface area contributed by atoms with E-state index < -0.39 is 5.97 Å². The van der Waals surface area contributed by atoms with Crippen LogP contribution in [0.3, 0.4) is 0 Å². The minimum absolute atomic E-state index is 0.101. The third kappa shape index (κ3) is 2.74. The summed E-state index contributed by atoms with van der Waals surface area (Å²) < 4.78 is 0. The van der Waals surface area contributed by atoms with E-state index >= 15 is 0 Å². The summed E-state index contributed by atoms with van der Waals surface area (Å²) in [5.74, 6) is -0.580. The number of hydrogen-bond acceptors (Lipinski definition) is 3. The zero-order chi connectivity index (χ0) is 15.0. The molecule has 110 valence electrons. The van der Waals surface area contributed by atoms with E-state index in [9.17, 15) is 9.59 Å². The Labute approximate surface area is 121 Å². The number of hydrogen-bond donors (Lipinski definition) is 3. The summed E-state index contributed by atoms with van der Waals surface area (Å²) in [4.78, 5) is 25.6. The summed E-state index contributed by atoms with van der Waals surface area (Å²) in [6, 6.07) is 0. The van der Waals surface area contributed by atoms with Gasteiger partial charge in [0.15, 0.2) is 0 Å². The van der Waals surface area contributed by atoms with Crippen molar-refractivity contribution in [1.29, 1.82) is 0 Å². The van der Waals surface area contributed by atoms with Gasteiger partial charge in [-0.2, -0.15) is 5.10 Å². The predicted octanol–water partition coefficient (Wildman–Crippen LogP) is 1.62. The van der Waals surface area contributed by atoms with Crippen molar-refractivity contribution in [3.05, 3.63) is 28.6 Å². The Kier molecular flexibility index (Phi) is 3.37. The van der Waals surface area contributed by atoms with Crippen LogP contribution in [0.4, 0.5) is 0 Å². The molecule has 1 aliphatic carbocycles. The minimum Gasteiger partial charge on any atom is -0.481 e. The molecule has 2 heterocycles. The van der Waals surface area contributed by atoms with Crippen molar-refractivity contribution >= 4 is 23.7 Å². The first-order chi connectivity index (χ1) is 10.1. The molecule has 21 heavy (non-hydrogen) atoms. The smallest absolute Gasteiger partial charge is 0.303 e. The summed E-state index contributed by atoms with van der Waals surface area (Å²) in [6.07, 6.45) is 6.38. The molecule has 0 bridgehead atoms. The van der Waals surface area contributed by atoms with Gasteiger partial charge >= 0.3 is 5.97 Å². The van der Waals surface area contributed by atoms with Gasteiger partial charge in [-0.1, -0.05) is 0 Å². The topological polar surface area (TPSA) is 94.5 Å². The fraction of sp³-hybridized carbons (Fsp3) is 0.400. The molecule has 0 radical (unpaired) electrons. The van der Waals surface area contributed by atoms with E-state index in [2.05, 4.69) is 15.5 Å². The third-order valence-electron chi connectivity index (χ3n) is 3.95. The van der Waals surface area contributed by atoms with Crippen molar-refractivity contribution in [3.8, 4) is 0 Å². The average Bonchev–Trinajstić information content (AvgIpc) is 3.14. The van der Waals surface area contributed by atoms with Crippen molar-refractivity contribution in [2.45, 2.75) is 32.6 Å². The molecule has 1 fully saturated rings. The molecule has 3 rings (SSSR count). The molecule has 2 aliphatic rings. The maximum absolute atomic E-state index is 11.9. The van der Waals surface area contributed by atoms with Crippen LogP contribution in [0.5, 0.6) is 0 Å². The number of hydrazone groups is 1. The second-order valence-corrected chi connectivity index (χ2v) is 5.52. The zero-order valence-electron chi connectivity index (χ0n) is 11.8. The summed E-state index contributed by atoms with van der Waals surface area (Å²) >= 11 is 0. The number of nitrogens with one attached hydrogen (secondary N) is 2. The van der Waals surface area contributed by atoms with Gasteiger partial charge in [0, 0.05) is 24.2 Å². The van der Waals surface area contributed by atoms with Gasteiger partial charge in [0.05, 0.1) is 11.3 Å². The number of carboxylic acid groups (broad SMARTS) is 1. The molecular formula is C15H17N3O3. The number of H-pyrrole nitrogens is 1. The molecule has 0 spiro atoms. The molecule has 1 aliphatic heterocycles. The van der Waals surface area contributed by atoms with Gasteiger partial charge in [-0.05, 0) is 43.4 Å². The minimum atomic E-state index is -0.811. The lowest BCUT2D eigenvalue weighted by molar-refractivity contribution is -0.137. The number of aryl methyl sites for hydroxylation is 1. The predicted molar refractivity (Wildman–Crippen MR) is 77.8 cm³/mol. The van der Waals surface area contributed by atoms with E-state index in [-0.39, 0.29) is 12.3 Å². The molecule has 0 aromatic carbocycles. The van der Waals surface area contributed by atoms with Crippen LogP contribution in [-0.4, -0.2) is 27.7 Å². The molecule has 6 nitrogen and oxygen atoms in total. The van der Waals surface area contributed by atoms with E-state index in [0.29, 0.717) is 17.9 Å². The molecule has 1 aromatic rings. The van der Waals surface area contributed by atoms with Crippen LogP contribution in [-0.2, 0) is 16.0 Å². The van der Waals surface area contributed by atoms with Crippen molar-refractivity contribution in [2.75, 3.05) is 0 Å². The highest BCUT2D eigenvalue weighted by molar-refractivity contribution is 6.28. The Morgan fingerprint density at radius 3 is 2.95 bits per heavy atom. The molecule has 1 aromatic heterocycles. The molecule has 6 heteroatoms. The van der Waals surface area contributed by atoms with Crippen molar-refractivity contribution in [1.82, 2.24) is 10.4 Å². The van der Waals surface area contributed by atoms with Gasteiger partial charge in [0.1, 0.15) is 0 Å². The van der Waals surface area contributed by atoms with Crippen LogP contribution in [0.1, 0.15) is 36.1 Å². The summed E-state index contributed by atoms with van der Waals surface area (Å²) in [7, 11) is 0. The maximum Gasteiger partial charge on any atom is 0.303 e. The van der Waals surface area contributed by atoms with Crippen LogP contribution in [0.2, 0.25) is 0 Å². The van der Waals surface area contributed by atoms with Crippen molar-refractivity contribution < 1.29 is 14.7 Å². The summed E-state index contributed by atoms with van der Waals surface area (Å²) in [6.45, 7) is 1.93. The first-order valence-corrected chi connectivity index (χ1v) is 7.05. The maximum atomic E-state index is 11.9. The van der Waals surface area contributed by atoms with Crippen LogP contribution in [0.15, 0.2) is 16.9 Å². The number of carbonyl (C=O) groups is 2. The van der Waals surface area contributed by atoms with E-state index in [1.165, 1.54) is 0 Å². The molecular weight excluding hydrogens is 270 g/mol. The van der Waals surface area contributed by atoms with Gasteiger partial charge in [-0.3, -0.25) is 9.59 Å². The van der Waals surface area contributed by atoms with Crippen molar-refractivity contribution in [3.63, 3.8) is 0 Å². The lowest BCUT2D eigenvalue weighted by Crippen LogP contribution is -2.13. The number of nitrogens with zero attached hydrogens (tertiary/aromatic N) is 1. The SMILES string of the molecule is Cc1c(CCC(=O)O)c[nH]c1/C=C1/C(=O)NN=C1C1CC1. The Morgan fingerprint density at radius 2 is 2.29 bits per heavy atom. The number of aromatic amines is 1. The number of rotatable bonds is 5. The molecule has 0 unspecified atom stereocenters. The van der Waals surface area contributed by atoms with Gasteiger partial charge < -0.3 is 10.1 Å². The Balaban J connectivity index is 1.84. The molecule has 1 amide bonds. The zero-order valence-corrected chi connectivity index (χ0v) is 11.8. The van der Waals surface area contributed by atoms with Crippen molar-refractivity contribution in [2.24, 2.45) is 11.0 Å². The Morgan fingerprint density at radius 1 is 1.52 bits per heavy atom. The summed E-state index contributed by atoms with van der Waals surface area (Å²) in [5.41, 5.74) is 6.78.